The molecule has 1 atom stereocenters. The zero-order valence-corrected chi connectivity index (χ0v) is 11.0. The number of nitrogens with zero attached hydrogens (tertiary/aromatic N) is 1. The lowest BCUT2D eigenvalue weighted by Gasteiger charge is -2.21. The lowest BCUT2D eigenvalue weighted by atomic mass is 10.2. The van der Waals surface area contributed by atoms with Crippen molar-refractivity contribution in [1.29, 1.82) is 0 Å². The zero-order chi connectivity index (χ0) is 13.4. The Morgan fingerprint density at radius 3 is 2.29 bits per heavy atom. The van der Waals surface area contributed by atoms with Gasteiger partial charge in [-0.2, -0.15) is 0 Å². The molecule has 3 N–H and O–H groups in total. The number of likely N-dealkylation sites (N-methyl/N-ethyl adjacent to an activating group) is 1. The van der Waals surface area contributed by atoms with E-state index < -0.39 is 11.9 Å². The van der Waals surface area contributed by atoms with Crippen molar-refractivity contribution in [1.82, 2.24) is 15.5 Å². The Morgan fingerprint density at radius 2 is 1.82 bits per heavy atom. The predicted octanol–water partition coefficient (Wildman–Crippen LogP) is 0.347. The van der Waals surface area contributed by atoms with Crippen LogP contribution in [0.15, 0.2) is 0 Å². The van der Waals surface area contributed by atoms with E-state index in [1.54, 1.807) is 6.92 Å². The number of urea groups is 1. The maximum Gasteiger partial charge on any atom is 0.314 e. The van der Waals surface area contributed by atoms with Crippen LogP contribution in [0, 0.1) is 5.92 Å². The summed E-state index contributed by atoms with van der Waals surface area (Å²) in [7, 11) is 1.98. The molecule has 0 aromatic heterocycles. The minimum Gasteiger partial charge on any atom is -0.481 e. The molecular formula is C11H23N3O3. The summed E-state index contributed by atoms with van der Waals surface area (Å²) in [5.74, 6) is -1.48. The maximum atomic E-state index is 11.3. The second kappa shape index (κ2) is 7.89. The SMILES string of the molecule is CC(CNC(=O)NCCN(C)C(C)C)C(=O)O. The standard InChI is InChI=1S/C11H23N3O3/c1-8(2)14(4)6-5-12-11(17)13-7-9(3)10(15)16/h8-9H,5-7H2,1-4H3,(H,15,16)(H2,12,13,17). The molecule has 2 amide bonds. The highest BCUT2D eigenvalue weighted by molar-refractivity contribution is 5.75. The van der Waals surface area contributed by atoms with Crippen molar-refractivity contribution in [3.8, 4) is 0 Å². The molecule has 0 saturated heterocycles. The third kappa shape index (κ3) is 7.57. The molecule has 6 nitrogen and oxygen atoms in total. The summed E-state index contributed by atoms with van der Waals surface area (Å²) < 4.78 is 0. The first kappa shape index (κ1) is 15.7. The number of hydrogen-bond donors (Lipinski definition) is 3. The van der Waals surface area contributed by atoms with Crippen LogP contribution >= 0.6 is 0 Å². The van der Waals surface area contributed by atoms with Crippen LogP contribution in [0.1, 0.15) is 20.8 Å². The van der Waals surface area contributed by atoms with Crippen LogP contribution in [-0.4, -0.2) is 54.7 Å². The van der Waals surface area contributed by atoms with Crippen molar-refractivity contribution in [2.24, 2.45) is 5.92 Å². The quantitative estimate of drug-likeness (QED) is 0.604. The summed E-state index contributed by atoms with van der Waals surface area (Å²) in [6.45, 7) is 7.15. The predicted molar refractivity (Wildman–Crippen MR) is 66.0 cm³/mol. The van der Waals surface area contributed by atoms with Crippen molar-refractivity contribution in [2.45, 2.75) is 26.8 Å². The van der Waals surface area contributed by atoms with Gasteiger partial charge in [0.15, 0.2) is 0 Å². The Labute approximate surface area is 102 Å². The molecule has 1 unspecified atom stereocenters. The van der Waals surface area contributed by atoms with Crippen molar-refractivity contribution in [3.63, 3.8) is 0 Å². The first-order valence-electron chi connectivity index (χ1n) is 5.79. The van der Waals surface area contributed by atoms with E-state index in [1.165, 1.54) is 0 Å². The summed E-state index contributed by atoms with van der Waals surface area (Å²) in [6, 6.07) is 0.113. The van der Waals surface area contributed by atoms with E-state index in [0.29, 0.717) is 12.6 Å². The fraction of sp³-hybridized carbons (Fsp3) is 0.818. The van der Waals surface area contributed by atoms with E-state index in [9.17, 15) is 9.59 Å². The summed E-state index contributed by atoms with van der Waals surface area (Å²) >= 11 is 0. The molecule has 0 radical (unpaired) electrons. The van der Waals surface area contributed by atoms with Gasteiger partial charge in [0.2, 0.25) is 0 Å². The van der Waals surface area contributed by atoms with Crippen LogP contribution in [0.25, 0.3) is 0 Å². The van der Waals surface area contributed by atoms with Crippen molar-refractivity contribution >= 4 is 12.0 Å². The molecule has 100 valence electrons. The summed E-state index contributed by atoms with van der Waals surface area (Å²) in [5.41, 5.74) is 0. The van der Waals surface area contributed by atoms with Crippen LogP contribution in [0.4, 0.5) is 4.79 Å². The van der Waals surface area contributed by atoms with Gasteiger partial charge >= 0.3 is 12.0 Å². The topological polar surface area (TPSA) is 81.7 Å². The third-order valence-electron chi connectivity index (χ3n) is 2.62. The number of hydrogen-bond acceptors (Lipinski definition) is 3. The van der Waals surface area contributed by atoms with Gasteiger partial charge in [0, 0.05) is 25.7 Å². The number of carbonyl (C=O) groups is 2. The summed E-state index contributed by atoms with van der Waals surface area (Å²) in [6.07, 6.45) is 0. The first-order chi connectivity index (χ1) is 7.84. The van der Waals surface area contributed by atoms with Gasteiger partial charge in [0.1, 0.15) is 0 Å². The molecule has 0 bridgehead atoms. The third-order valence-corrected chi connectivity index (χ3v) is 2.62. The zero-order valence-electron chi connectivity index (χ0n) is 11.0. The molecule has 0 spiro atoms. The second-order valence-electron chi connectivity index (χ2n) is 4.45. The van der Waals surface area contributed by atoms with E-state index in [0.717, 1.165) is 6.54 Å². The van der Waals surface area contributed by atoms with Gasteiger partial charge in [-0.3, -0.25) is 4.79 Å². The molecule has 0 fully saturated rings. The Morgan fingerprint density at radius 1 is 1.24 bits per heavy atom. The van der Waals surface area contributed by atoms with Crippen LogP contribution < -0.4 is 10.6 Å². The number of amides is 2. The molecule has 0 aliphatic rings. The maximum absolute atomic E-state index is 11.3. The monoisotopic (exact) mass is 245 g/mol. The van der Waals surface area contributed by atoms with E-state index in [1.807, 2.05) is 7.05 Å². The van der Waals surface area contributed by atoms with Gasteiger partial charge in [0.25, 0.3) is 0 Å². The largest absolute Gasteiger partial charge is 0.481 e. The van der Waals surface area contributed by atoms with Crippen molar-refractivity contribution in [3.05, 3.63) is 0 Å². The number of nitrogens with one attached hydrogen (secondary N) is 2. The van der Waals surface area contributed by atoms with Gasteiger partial charge in [0.05, 0.1) is 5.92 Å². The normalized spacial score (nSPS) is 12.6. The summed E-state index contributed by atoms with van der Waals surface area (Å²) in [4.78, 5) is 23.9. The van der Waals surface area contributed by atoms with E-state index in [-0.39, 0.29) is 12.6 Å². The Bertz CT molecular complexity index is 256. The van der Waals surface area contributed by atoms with Gasteiger partial charge < -0.3 is 20.6 Å². The molecule has 17 heavy (non-hydrogen) atoms. The minimum absolute atomic E-state index is 0.140. The number of aliphatic carboxylic acids is 1. The van der Waals surface area contributed by atoms with Crippen molar-refractivity contribution < 1.29 is 14.7 Å². The lowest BCUT2D eigenvalue weighted by molar-refractivity contribution is -0.140. The smallest absolute Gasteiger partial charge is 0.314 e. The fourth-order valence-electron chi connectivity index (χ4n) is 1.000. The van der Waals surface area contributed by atoms with Gasteiger partial charge in [-0.1, -0.05) is 6.92 Å². The number of carbonyl (C=O) groups excluding carboxylic acids is 1. The fourth-order valence-corrected chi connectivity index (χ4v) is 1.000. The van der Waals surface area contributed by atoms with Crippen LogP contribution in [0.2, 0.25) is 0 Å². The van der Waals surface area contributed by atoms with Crippen molar-refractivity contribution in [2.75, 3.05) is 26.7 Å². The van der Waals surface area contributed by atoms with Crippen LogP contribution in [-0.2, 0) is 4.79 Å². The van der Waals surface area contributed by atoms with Gasteiger partial charge in [-0.15, -0.1) is 0 Å². The van der Waals surface area contributed by atoms with E-state index in [4.69, 9.17) is 5.11 Å². The average molecular weight is 245 g/mol. The molecular weight excluding hydrogens is 222 g/mol. The molecule has 0 rings (SSSR count). The first-order valence-corrected chi connectivity index (χ1v) is 5.79. The molecule has 0 aromatic carbocycles. The second-order valence-corrected chi connectivity index (χ2v) is 4.45. The number of rotatable bonds is 7. The highest BCUT2D eigenvalue weighted by Gasteiger charge is 2.11. The highest BCUT2D eigenvalue weighted by Crippen LogP contribution is 1.92. The molecule has 6 heteroatoms. The number of carboxylic acids is 1. The Kier molecular flexibility index (Phi) is 7.29. The highest BCUT2D eigenvalue weighted by atomic mass is 16.4. The minimum atomic E-state index is -0.912. The van der Waals surface area contributed by atoms with Gasteiger partial charge in [-0.25, -0.2) is 4.79 Å². The molecule has 0 saturated carbocycles. The lowest BCUT2D eigenvalue weighted by Crippen LogP contribution is -2.42. The van der Waals surface area contributed by atoms with Gasteiger partial charge in [-0.05, 0) is 20.9 Å². The van der Waals surface area contributed by atoms with Crippen LogP contribution in [0.5, 0.6) is 0 Å². The molecule has 0 aliphatic heterocycles. The summed E-state index contributed by atoms with van der Waals surface area (Å²) in [5, 5.41) is 13.8. The molecule has 0 heterocycles. The number of carboxylic acid groups (broad SMARTS) is 1. The average Bonchev–Trinajstić information content (AvgIpc) is 2.25. The van der Waals surface area contributed by atoms with E-state index >= 15 is 0 Å². The van der Waals surface area contributed by atoms with E-state index in [2.05, 4.69) is 29.4 Å². The Balaban J connectivity index is 3.64. The Hall–Kier alpha value is -1.30. The molecule has 0 aromatic rings. The molecule has 0 aliphatic carbocycles. The van der Waals surface area contributed by atoms with Crippen LogP contribution in [0.3, 0.4) is 0 Å².